The molecule has 7 heteroatoms. The molecular weight excluding hydrogens is 348 g/mol. The molecule has 0 bridgehead atoms. The molecule has 0 N–H and O–H groups in total. The number of carbonyl (C=O) groups excluding carboxylic acids is 1. The molecule has 0 saturated heterocycles. The number of rotatable bonds is 6. The van der Waals surface area contributed by atoms with E-state index in [0.717, 1.165) is 11.1 Å². The van der Waals surface area contributed by atoms with E-state index in [9.17, 15) is 21.6 Å². The summed E-state index contributed by atoms with van der Waals surface area (Å²) in [5.74, 6) is -2.52. The van der Waals surface area contributed by atoms with Crippen molar-refractivity contribution in [2.45, 2.75) is 23.6 Å². The average molecular weight is 366 g/mol. The van der Waals surface area contributed by atoms with E-state index < -0.39 is 37.0 Å². The van der Waals surface area contributed by atoms with Crippen LogP contribution in [0.25, 0.3) is 0 Å². The van der Waals surface area contributed by atoms with E-state index in [4.69, 9.17) is 0 Å². The zero-order chi connectivity index (χ0) is 18.0. The van der Waals surface area contributed by atoms with Gasteiger partial charge in [-0.1, -0.05) is 35.4 Å². The van der Waals surface area contributed by atoms with Crippen LogP contribution >= 0.6 is 0 Å². The lowest BCUT2D eigenvalue weighted by molar-refractivity contribution is -0.114. The van der Waals surface area contributed by atoms with Gasteiger partial charge in [-0.3, -0.25) is 4.79 Å². The molecular formula is C17H18O5S2. The third kappa shape index (κ3) is 4.52. The van der Waals surface area contributed by atoms with Crippen LogP contribution in [-0.2, 0) is 24.5 Å². The second kappa shape index (κ2) is 6.86. The Labute approximate surface area is 142 Å². The zero-order valence-electron chi connectivity index (χ0n) is 13.4. The van der Waals surface area contributed by atoms with E-state index in [1.807, 2.05) is 13.8 Å². The smallest absolute Gasteiger partial charge is 0.185 e. The van der Waals surface area contributed by atoms with Crippen LogP contribution in [-0.4, -0.2) is 34.1 Å². The standard InChI is InChI=1S/C17H18O5S2/c1-13-3-7-16(8-4-13)23(19,20)11-15(18)12-24(21,22)17-9-5-14(2)6-10-17/h3-10H,11-12H2,1-2H3. The minimum absolute atomic E-state index is 0.00850. The summed E-state index contributed by atoms with van der Waals surface area (Å²) in [6.07, 6.45) is 0. The molecule has 0 unspecified atom stereocenters. The molecule has 5 nitrogen and oxygen atoms in total. The minimum atomic E-state index is -3.85. The number of Topliss-reactive ketones (excluding diaryl/α,β-unsaturated/α-hetero) is 1. The van der Waals surface area contributed by atoms with E-state index in [-0.39, 0.29) is 9.79 Å². The number of ketones is 1. The van der Waals surface area contributed by atoms with Gasteiger partial charge in [0.15, 0.2) is 25.5 Å². The van der Waals surface area contributed by atoms with E-state index in [0.29, 0.717) is 0 Å². The molecule has 0 aromatic heterocycles. The van der Waals surface area contributed by atoms with Crippen LogP contribution in [0.2, 0.25) is 0 Å². The Kier molecular flexibility index (Phi) is 5.25. The molecule has 128 valence electrons. The van der Waals surface area contributed by atoms with Crippen LogP contribution in [0.3, 0.4) is 0 Å². The Morgan fingerprint density at radius 3 is 1.25 bits per heavy atom. The van der Waals surface area contributed by atoms with Gasteiger partial charge in [0.05, 0.1) is 9.79 Å². The van der Waals surface area contributed by atoms with E-state index >= 15 is 0 Å². The Hall–Kier alpha value is -1.99. The molecule has 24 heavy (non-hydrogen) atoms. The van der Waals surface area contributed by atoms with Gasteiger partial charge in [0, 0.05) is 0 Å². The molecule has 0 heterocycles. The first-order valence-electron chi connectivity index (χ1n) is 7.21. The van der Waals surface area contributed by atoms with E-state index in [2.05, 4.69) is 0 Å². The van der Waals surface area contributed by atoms with Crippen molar-refractivity contribution in [1.82, 2.24) is 0 Å². The average Bonchev–Trinajstić information content (AvgIpc) is 2.46. The van der Waals surface area contributed by atoms with Gasteiger partial charge in [-0.2, -0.15) is 0 Å². The lowest BCUT2D eigenvalue weighted by Gasteiger charge is -2.06. The van der Waals surface area contributed by atoms with Crippen molar-refractivity contribution in [1.29, 1.82) is 0 Å². The molecule has 0 amide bonds. The maximum atomic E-state index is 12.2. The van der Waals surface area contributed by atoms with Crippen LogP contribution in [0.15, 0.2) is 58.3 Å². The normalized spacial score (nSPS) is 12.1. The van der Waals surface area contributed by atoms with E-state index in [1.165, 1.54) is 24.3 Å². The van der Waals surface area contributed by atoms with Crippen molar-refractivity contribution in [3.05, 3.63) is 59.7 Å². The predicted octanol–water partition coefficient (Wildman–Crippen LogP) is 2.12. The first-order valence-corrected chi connectivity index (χ1v) is 10.5. The quantitative estimate of drug-likeness (QED) is 0.782. The first-order chi connectivity index (χ1) is 11.1. The van der Waals surface area contributed by atoms with Crippen molar-refractivity contribution in [3.63, 3.8) is 0 Å². The third-order valence-electron chi connectivity index (χ3n) is 3.46. The second-order valence-corrected chi connectivity index (χ2v) is 9.66. The van der Waals surface area contributed by atoms with Gasteiger partial charge < -0.3 is 0 Å². The molecule has 2 aromatic carbocycles. The highest BCUT2D eigenvalue weighted by Crippen LogP contribution is 2.15. The largest absolute Gasteiger partial charge is 0.297 e. The van der Waals surface area contributed by atoms with Gasteiger partial charge in [0.25, 0.3) is 0 Å². The fourth-order valence-electron chi connectivity index (χ4n) is 2.12. The maximum absolute atomic E-state index is 12.2. The molecule has 0 atom stereocenters. The highest BCUT2D eigenvalue weighted by molar-refractivity contribution is 7.93. The van der Waals surface area contributed by atoms with Gasteiger partial charge in [-0.15, -0.1) is 0 Å². The highest BCUT2D eigenvalue weighted by atomic mass is 32.2. The van der Waals surface area contributed by atoms with Crippen molar-refractivity contribution in [2.75, 3.05) is 11.5 Å². The second-order valence-electron chi connectivity index (χ2n) is 5.68. The summed E-state index contributed by atoms with van der Waals surface area (Å²) in [7, 11) is -7.70. The summed E-state index contributed by atoms with van der Waals surface area (Å²) in [6.45, 7) is 3.63. The highest BCUT2D eigenvalue weighted by Gasteiger charge is 2.25. The topological polar surface area (TPSA) is 85.3 Å². The van der Waals surface area contributed by atoms with Crippen LogP contribution in [0.5, 0.6) is 0 Å². The summed E-state index contributed by atoms with van der Waals surface area (Å²) < 4.78 is 48.8. The molecule has 0 radical (unpaired) electrons. The minimum Gasteiger partial charge on any atom is -0.297 e. The maximum Gasteiger partial charge on any atom is 0.185 e. The predicted molar refractivity (Wildman–Crippen MR) is 91.5 cm³/mol. The lowest BCUT2D eigenvalue weighted by atomic mass is 10.2. The molecule has 0 aliphatic carbocycles. The van der Waals surface area contributed by atoms with Gasteiger partial charge in [0.2, 0.25) is 0 Å². The zero-order valence-corrected chi connectivity index (χ0v) is 15.0. The van der Waals surface area contributed by atoms with Gasteiger partial charge in [-0.05, 0) is 38.1 Å². The number of sulfone groups is 2. The summed E-state index contributed by atoms with van der Waals surface area (Å²) in [5.41, 5.74) is 1.78. The first kappa shape index (κ1) is 18.4. The van der Waals surface area contributed by atoms with Gasteiger partial charge in [0.1, 0.15) is 11.5 Å². The molecule has 0 aliphatic heterocycles. The molecule has 0 spiro atoms. The summed E-state index contributed by atoms with van der Waals surface area (Å²) >= 11 is 0. The van der Waals surface area contributed by atoms with Crippen molar-refractivity contribution < 1.29 is 21.6 Å². The molecule has 0 fully saturated rings. The number of hydrogen-bond donors (Lipinski definition) is 0. The summed E-state index contributed by atoms with van der Waals surface area (Å²) in [6, 6.07) is 12.1. The van der Waals surface area contributed by atoms with Crippen molar-refractivity contribution in [2.24, 2.45) is 0 Å². The van der Waals surface area contributed by atoms with Crippen LogP contribution in [0.4, 0.5) is 0 Å². The lowest BCUT2D eigenvalue weighted by Crippen LogP contribution is -2.24. The fraction of sp³-hybridized carbons (Fsp3) is 0.235. The molecule has 2 rings (SSSR count). The van der Waals surface area contributed by atoms with Crippen molar-refractivity contribution >= 4 is 25.5 Å². The Morgan fingerprint density at radius 1 is 0.667 bits per heavy atom. The van der Waals surface area contributed by atoms with Crippen LogP contribution in [0, 0.1) is 13.8 Å². The molecule has 2 aromatic rings. The Morgan fingerprint density at radius 2 is 0.958 bits per heavy atom. The SMILES string of the molecule is Cc1ccc(S(=O)(=O)CC(=O)CS(=O)(=O)c2ccc(C)cc2)cc1. The Balaban J connectivity index is 2.15. The van der Waals surface area contributed by atoms with Crippen LogP contribution in [0.1, 0.15) is 11.1 Å². The number of benzene rings is 2. The summed E-state index contributed by atoms with van der Waals surface area (Å²) in [5, 5.41) is 0. The molecule has 0 saturated carbocycles. The van der Waals surface area contributed by atoms with Gasteiger partial charge >= 0.3 is 0 Å². The van der Waals surface area contributed by atoms with Crippen LogP contribution < -0.4 is 0 Å². The van der Waals surface area contributed by atoms with Gasteiger partial charge in [-0.25, -0.2) is 16.8 Å². The van der Waals surface area contributed by atoms with Crippen molar-refractivity contribution in [3.8, 4) is 0 Å². The van der Waals surface area contributed by atoms with E-state index in [1.54, 1.807) is 24.3 Å². The number of carbonyl (C=O) groups is 1. The summed E-state index contributed by atoms with van der Waals surface area (Å²) in [4.78, 5) is 12.0. The number of aryl methyl sites for hydroxylation is 2. The fourth-order valence-corrected chi connectivity index (χ4v) is 4.74. The molecule has 0 aliphatic rings. The monoisotopic (exact) mass is 366 g/mol. The Bertz CT molecular complexity index is 860. The third-order valence-corrected chi connectivity index (χ3v) is 6.85. The number of hydrogen-bond acceptors (Lipinski definition) is 5.